The molecule has 1 N–H and O–H groups in total. The molecule has 1 aliphatic carbocycles. The largest absolute Gasteiger partial charge is 0.497 e. The molecule has 104 valence electrons. The van der Waals surface area contributed by atoms with Gasteiger partial charge in [0, 0.05) is 11.6 Å². The number of benzene rings is 1. The predicted octanol–water partition coefficient (Wildman–Crippen LogP) is 3.06. The van der Waals surface area contributed by atoms with E-state index in [1.807, 2.05) is 6.07 Å². The zero-order valence-corrected chi connectivity index (χ0v) is 11.4. The number of carbonyl (C=O) groups is 1. The fourth-order valence-corrected chi connectivity index (χ4v) is 2.95. The summed E-state index contributed by atoms with van der Waals surface area (Å²) < 4.78 is 10.5. The summed E-state index contributed by atoms with van der Waals surface area (Å²) in [5, 5.41) is 9.55. The van der Waals surface area contributed by atoms with Gasteiger partial charge in [-0.2, -0.15) is 0 Å². The maximum Gasteiger partial charge on any atom is 0.311 e. The standard InChI is InChI=1S/C15H20O4/c1-18-11-7-8-12(13(9-11)19-2)14(15(16)17)10-5-3-4-6-10/h7-10,14H,3-6H2,1-2H3,(H,16,17). The van der Waals surface area contributed by atoms with Gasteiger partial charge in [-0.15, -0.1) is 0 Å². The lowest BCUT2D eigenvalue weighted by Gasteiger charge is -2.22. The molecule has 0 bridgehead atoms. The first-order valence-electron chi connectivity index (χ1n) is 6.62. The Kier molecular flexibility index (Phi) is 4.30. The molecule has 4 heteroatoms. The Balaban J connectivity index is 2.38. The highest BCUT2D eigenvalue weighted by Gasteiger charge is 2.33. The Morgan fingerprint density at radius 1 is 1.26 bits per heavy atom. The Labute approximate surface area is 113 Å². The van der Waals surface area contributed by atoms with E-state index in [4.69, 9.17) is 9.47 Å². The quantitative estimate of drug-likeness (QED) is 0.888. The normalized spacial score (nSPS) is 17.2. The van der Waals surface area contributed by atoms with E-state index in [2.05, 4.69) is 0 Å². The lowest BCUT2D eigenvalue weighted by Crippen LogP contribution is -2.20. The molecule has 1 aromatic carbocycles. The second-order valence-corrected chi connectivity index (χ2v) is 4.97. The van der Waals surface area contributed by atoms with Crippen LogP contribution in [0.15, 0.2) is 18.2 Å². The molecule has 0 saturated heterocycles. The summed E-state index contributed by atoms with van der Waals surface area (Å²) in [7, 11) is 3.14. The lowest BCUT2D eigenvalue weighted by molar-refractivity contribution is -0.140. The van der Waals surface area contributed by atoms with Crippen LogP contribution in [-0.2, 0) is 4.79 Å². The Hall–Kier alpha value is -1.71. The first kappa shape index (κ1) is 13.7. The highest BCUT2D eigenvalue weighted by atomic mass is 16.5. The van der Waals surface area contributed by atoms with Crippen LogP contribution in [0, 0.1) is 5.92 Å². The molecular formula is C15H20O4. The molecule has 0 aromatic heterocycles. The molecule has 1 aliphatic rings. The minimum absolute atomic E-state index is 0.208. The molecule has 2 rings (SSSR count). The van der Waals surface area contributed by atoms with Crippen LogP contribution in [0.3, 0.4) is 0 Å². The van der Waals surface area contributed by atoms with Crippen molar-refractivity contribution in [2.45, 2.75) is 31.6 Å². The number of carboxylic acids is 1. The molecule has 0 spiro atoms. The fourth-order valence-electron chi connectivity index (χ4n) is 2.95. The van der Waals surface area contributed by atoms with Gasteiger partial charge in [0.25, 0.3) is 0 Å². The number of methoxy groups -OCH3 is 2. The summed E-state index contributed by atoms with van der Waals surface area (Å²) in [6.07, 6.45) is 4.19. The van der Waals surface area contributed by atoms with Crippen molar-refractivity contribution in [3.05, 3.63) is 23.8 Å². The van der Waals surface area contributed by atoms with Crippen LogP contribution in [0.1, 0.15) is 37.2 Å². The highest BCUT2D eigenvalue weighted by Crippen LogP contribution is 2.41. The van der Waals surface area contributed by atoms with Gasteiger partial charge in [-0.1, -0.05) is 18.9 Å². The van der Waals surface area contributed by atoms with Crippen molar-refractivity contribution in [3.8, 4) is 11.5 Å². The van der Waals surface area contributed by atoms with Crippen LogP contribution < -0.4 is 9.47 Å². The summed E-state index contributed by atoms with van der Waals surface area (Å²) in [5.41, 5.74) is 0.753. The van der Waals surface area contributed by atoms with Gasteiger partial charge in [-0.05, 0) is 24.8 Å². The minimum atomic E-state index is -0.768. The highest BCUT2D eigenvalue weighted by molar-refractivity contribution is 5.78. The van der Waals surface area contributed by atoms with Gasteiger partial charge < -0.3 is 14.6 Å². The Bertz CT molecular complexity index is 449. The Morgan fingerprint density at radius 2 is 1.95 bits per heavy atom. The second kappa shape index (κ2) is 5.95. The minimum Gasteiger partial charge on any atom is -0.497 e. The van der Waals surface area contributed by atoms with Crippen molar-refractivity contribution in [1.82, 2.24) is 0 Å². The number of aliphatic carboxylic acids is 1. The van der Waals surface area contributed by atoms with Gasteiger partial charge in [0.05, 0.1) is 20.1 Å². The third-order valence-corrected chi connectivity index (χ3v) is 3.91. The molecule has 1 atom stereocenters. The topological polar surface area (TPSA) is 55.8 Å². The van der Waals surface area contributed by atoms with Gasteiger partial charge in [0.1, 0.15) is 11.5 Å². The number of rotatable bonds is 5. The summed E-state index contributed by atoms with van der Waals surface area (Å²) in [6.45, 7) is 0. The maximum atomic E-state index is 11.6. The van der Waals surface area contributed by atoms with Gasteiger partial charge in [-0.25, -0.2) is 0 Å². The Morgan fingerprint density at radius 3 is 2.47 bits per heavy atom. The van der Waals surface area contributed by atoms with Crippen LogP contribution in [-0.4, -0.2) is 25.3 Å². The summed E-state index contributed by atoms with van der Waals surface area (Å²) in [5.74, 6) is 0.230. The van der Waals surface area contributed by atoms with Crippen molar-refractivity contribution in [2.75, 3.05) is 14.2 Å². The molecule has 1 saturated carbocycles. The predicted molar refractivity (Wildman–Crippen MR) is 71.9 cm³/mol. The van der Waals surface area contributed by atoms with E-state index < -0.39 is 11.9 Å². The molecule has 0 aliphatic heterocycles. The third kappa shape index (κ3) is 2.83. The van der Waals surface area contributed by atoms with E-state index in [9.17, 15) is 9.90 Å². The molecule has 1 fully saturated rings. The van der Waals surface area contributed by atoms with Crippen molar-refractivity contribution >= 4 is 5.97 Å². The zero-order valence-electron chi connectivity index (χ0n) is 11.4. The zero-order chi connectivity index (χ0) is 13.8. The number of carboxylic acid groups (broad SMARTS) is 1. The molecule has 0 radical (unpaired) electrons. The smallest absolute Gasteiger partial charge is 0.311 e. The van der Waals surface area contributed by atoms with Crippen LogP contribution in [0.25, 0.3) is 0 Å². The van der Waals surface area contributed by atoms with E-state index in [0.29, 0.717) is 11.5 Å². The molecule has 0 heterocycles. The van der Waals surface area contributed by atoms with E-state index in [1.54, 1.807) is 26.4 Å². The van der Waals surface area contributed by atoms with Gasteiger partial charge in [0.15, 0.2) is 0 Å². The maximum absolute atomic E-state index is 11.6. The van der Waals surface area contributed by atoms with Crippen LogP contribution in [0.2, 0.25) is 0 Å². The number of hydrogen-bond donors (Lipinski definition) is 1. The molecule has 0 amide bonds. The van der Waals surface area contributed by atoms with Crippen LogP contribution in [0.4, 0.5) is 0 Å². The fraction of sp³-hybridized carbons (Fsp3) is 0.533. The van der Waals surface area contributed by atoms with E-state index >= 15 is 0 Å². The van der Waals surface area contributed by atoms with E-state index in [-0.39, 0.29) is 5.92 Å². The van der Waals surface area contributed by atoms with Crippen molar-refractivity contribution in [3.63, 3.8) is 0 Å². The van der Waals surface area contributed by atoms with Crippen LogP contribution in [0.5, 0.6) is 11.5 Å². The van der Waals surface area contributed by atoms with Gasteiger partial charge in [-0.3, -0.25) is 4.79 Å². The molecule has 1 aromatic rings. The van der Waals surface area contributed by atoms with Crippen molar-refractivity contribution in [1.29, 1.82) is 0 Å². The number of ether oxygens (including phenoxy) is 2. The SMILES string of the molecule is COc1ccc(C(C(=O)O)C2CCCC2)c(OC)c1. The molecular weight excluding hydrogens is 244 g/mol. The average molecular weight is 264 g/mol. The van der Waals surface area contributed by atoms with Gasteiger partial charge in [0.2, 0.25) is 0 Å². The monoisotopic (exact) mass is 264 g/mol. The molecule has 19 heavy (non-hydrogen) atoms. The second-order valence-electron chi connectivity index (χ2n) is 4.97. The lowest BCUT2D eigenvalue weighted by atomic mass is 9.84. The summed E-state index contributed by atoms with van der Waals surface area (Å²) in [6, 6.07) is 5.36. The third-order valence-electron chi connectivity index (χ3n) is 3.91. The van der Waals surface area contributed by atoms with Gasteiger partial charge >= 0.3 is 5.97 Å². The van der Waals surface area contributed by atoms with Crippen LogP contribution >= 0.6 is 0 Å². The number of hydrogen-bond acceptors (Lipinski definition) is 3. The average Bonchev–Trinajstić information content (AvgIpc) is 2.92. The summed E-state index contributed by atoms with van der Waals surface area (Å²) in [4.78, 5) is 11.6. The summed E-state index contributed by atoms with van der Waals surface area (Å²) >= 11 is 0. The molecule has 4 nitrogen and oxygen atoms in total. The van der Waals surface area contributed by atoms with E-state index in [0.717, 1.165) is 31.2 Å². The first-order chi connectivity index (χ1) is 9.17. The van der Waals surface area contributed by atoms with E-state index in [1.165, 1.54) is 0 Å². The first-order valence-corrected chi connectivity index (χ1v) is 6.62. The van der Waals surface area contributed by atoms with Crippen molar-refractivity contribution in [2.24, 2.45) is 5.92 Å². The van der Waals surface area contributed by atoms with Crippen molar-refractivity contribution < 1.29 is 19.4 Å². The molecule has 1 unspecified atom stereocenters.